The highest BCUT2D eigenvalue weighted by molar-refractivity contribution is 7.91. The van der Waals surface area contributed by atoms with Crippen LogP contribution in [0.3, 0.4) is 0 Å². The van der Waals surface area contributed by atoms with Crippen molar-refractivity contribution in [2.45, 2.75) is 23.3 Å². The van der Waals surface area contributed by atoms with Gasteiger partial charge in [0.15, 0.2) is 5.58 Å². The van der Waals surface area contributed by atoms with Crippen LogP contribution >= 0.6 is 0 Å². The van der Waals surface area contributed by atoms with E-state index in [1.54, 1.807) is 18.2 Å². The summed E-state index contributed by atoms with van der Waals surface area (Å²) in [6.07, 6.45) is 1.53. The lowest BCUT2D eigenvalue weighted by Crippen LogP contribution is -2.38. The van der Waals surface area contributed by atoms with Crippen LogP contribution in [0, 0.1) is 0 Å². The Labute approximate surface area is 105 Å². The fourth-order valence-corrected chi connectivity index (χ4v) is 3.73. The molecule has 1 fully saturated rings. The van der Waals surface area contributed by atoms with Gasteiger partial charge in [0.2, 0.25) is 9.84 Å². The summed E-state index contributed by atoms with van der Waals surface area (Å²) in [6, 6.07) is 7.08. The molecule has 1 N–H and O–H groups in total. The Morgan fingerprint density at radius 1 is 1.33 bits per heavy atom. The molecule has 0 radical (unpaired) electrons. The maximum Gasteiger partial charge on any atom is 0.316 e. The summed E-state index contributed by atoms with van der Waals surface area (Å²) in [7, 11) is -3.46. The molecule has 6 heteroatoms. The van der Waals surface area contributed by atoms with Gasteiger partial charge < -0.3 is 9.73 Å². The molecule has 1 aliphatic heterocycles. The zero-order valence-corrected chi connectivity index (χ0v) is 10.6. The number of nitrogens with one attached hydrogen (secondary N) is 1. The van der Waals surface area contributed by atoms with Crippen molar-refractivity contribution >= 4 is 20.9 Å². The zero-order valence-electron chi connectivity index (χ0n) is 9.80. The molecule has 5 nitrogen and oxygen atoms in total. The monoisotopic (exact) mass is 266 g/mol. The van der Waals surface area contributed by atoms with Gasteiger partial charge in [-0.2, -0.15) is 4.98 Å². The van der Waals surface area contributed by atoms with Crippen LogP contribution in [0.2, 0.25) is 0 Å². The van der Waals surface area contributed by atoms with Crippen LogP contribution in [-0.4, -0.2) is 31.7 Å². The Balaban J connectivity index is 2.01. The minimum absolute atomic E-state index is 0.155. The lowest BCUT2D eigenvalue weighted by Gasteiger charge is -2.20. The summed E-state index contributed by atoms with van der Waals surface area (Å²) < 4.78 is 30.1. The van der Waals surface area contributed by atoms with Crippen molar-refractivity contribution < 1.29 is 12.8 Å². The number of benzene rings is 1. The van der Waals surface area contributed by atoms with Gasteiger partial charge in [0.05, 0.1) is 5.25 Å². The first-order chi connectivity index (χ1) is 8.68. The summed E-state index contributed by atoms with van der Waals surface area (Å²) in [4.78, 5) is 4.08. The average molecular weight is 266 g/mol. The van der Waals surface area contributed by atoms with E-state index in [1.165, 1.54) is 0 Å². The number of fused-ring (bicyclic) bond motifs is 1. The van der Waals surface area contributed by atoms with E-state index in [0.29, 0.717) is 24.1 Å². The predicted octanol–water partition coefficient (Wildman–Crippen LogP) is 1.35. The van der Waals surface area contributed by atoms with E-state index in [0.717, 1.165) is 13.0 Å². The second-order valence-electron chi connectivity index (χ2n) is 4.46. The molecule has 1 aromatic carbocycles. The normalized spacial score (nSPS) is 21.2. The van der Waals surface area contributed by atoms with E-state index in [9.17, 15) is 8.42 Å². The lowest BCUT2D eigenvalue weighted by atomic mass is 10.2. The van der Waals surface area contributed by atoms with Crippen LogP contribution in [0.15, 0.2) is 33.9 Å². The third kappa shape index (κ3) is 1.91. The van der Waals surface area contributed by atoms with E-state index >= 15 is 0 Å². The molecule has 1 aromatic heterocycles. The highest BCUT2D eigenvalue weighted by Crippen LogP contribution is 2.24. The fourth-order valence-electron chi connectivity index (χ4n) is 2.20. The Kier molecular flexibility index (Phi) is 2.83. The Hall–Kier alpha value is -1.40. The standard InChI is InChI=1S/C12H14N2O3S/c15-18(16,9-4-3-7-13-8-9)12-14-10-5-1-2-6-11(10)17-12/h1-2,5-6,9,13H,3-4,7-8H2/t9-/m1/s1. The SMILES string of the molecule is O=S(=O)(c1nc2ccccc2o1)[C@@H]1CCCNC1. The number of oxazole rings is 1. The van der Waals surface area contributed by atoms with Crippen molar-refractivity contribution in [3.8, 4) is 0 Å². The Morgan fingerprint density at radius 2 is 2.17 bits per heavy atom. The van der Waals surface area contributed by atoms with Crippen molar-refractivity contribution in [3.05, 3.63) is 24.3 Å². The van der Waals surface area contributed by atoms with Gasteiger partial charge in [0, 0.05) is 6.54 Å². The van der Waals surface area contributed by atoms with Gasteiger partial charge in [-0.05, 0) is 31.5 Å². The minimum Gasteiger partial charge on any atom is -0.428 e. The topological polar surface area (TPSA) is 72.2 Å². The number of para-hydroxylation sites is 2. The molecule has 0 saturated carbocycles. The van der Waals surface area contributed by atoms with E-state index in [-0.39, 0.29) is 5.22 Å². The van der Waals surface area contributed by atoms with Crippen LogP contribution < -0.4 is 5.32 Å². The molecular formula is C12H14N2O3S. The molecular weight excluding hydrogens is 252 g/mol. The number of aromatic nitrogens is 1. The first-order valence-corrected chi connectivity index (χ1v) is 7.53. The fraction of sp³-hybridized carbons (Fsp3) is 0.417. The summed E-state index contributed by atoms with van der Waals surface area (Å²) in [5.41, 5.74) is 1.10. The summed E-state index contributed by atoms with van der Waals surface area (Å²) in [6.45, 7) is 1.35. The van der Waals surface area contributed by atoms with Crippen LogP contribution in [0.4, 0.5) is 0 Å². The summed E-state index contributed by atoms with van der Waals surface area (Å²) >= 11 is 0. The van der Waals surface area contributed by atoms with Gasteiger partial charge in [0.25, 0.3) is 0 Å². The van der Waals surface area contributed by atoms with Gasteiger partial charge in [-0.15, -0.1) is 0 Å². The van der Waals surface area contributed by atoms with Gasteiger partial charge in [-0.1, -0.05) is 12.1 Å². The van der Waals surface area contributed by atoms with Crippen LogP contribution in [0.25, 0.3) is 11.1 Å². The van der Waals surface area contributed by atoms with Gasteiger partial charge in [-0.3, -0.25) is 0 Å². The number of hydrogen-bond acceptors (Lipinski definition) is 5. The second-order valence-corrected chi connectivity index (χ2v) is 6.57. The number of hydrogen-bond donors (Lipinski definition) is 1. The first-order valence-electron chi connectivity index (χ1n) is 5.98. The Bertz CT molecular complexity index is 624. The van der Waals surface area contributed by atoms with E-state index < -0.39 is 15.1 Å². The molecule has 0 bridgehead atoms. The molecule has 96 valence electrons. The molecule has 1 atom stereocenters. The number of rotatable bonds is 2. The second kappa shape index (κ2) is 4.37. The van der Waals surface area contributed by atoms with Crippen LogP contribution in [-0.2, 0) is 9.84 Å². The van der Waals surface area contributed by atoms with Crippen LogP contribution in [0.1, 0.15) is 12.8 Å². The van der Waals surface area contributed by atoms with Crippen molar-refractivity contribution in [3.63, 3.8) is 0 Å². The van der Waals surface area contributed by atoms with E-state index in [4.69, 9.17) is 4.42 Å². The van der Waals surface area contributed by atoms with Gasteiger partial charge in [0.1, 0.15) is 5.52 Å². The molecule has 1 saturated heterocycles. The maximum atomic E-state index is 12.4. The molecule has 0 spiro atoms. The molecule has 0 amide bonds. The van der Waals surface area contributed by atoms with E-state index in [1.807, 2.05) is 6.07 Å². The molecule has 3 rings (SSSR count). The van der Waals surface area contributed by atoms with Crippen molar-refractivity contribution in [1.29, 1.82) is 0 Å². The molecule has 1 aliphatic rings. The first kappa shape index (κ1) is 11.7. The number of sulfone groups is 1. The van der Waals surface area contributed by atoms with Crippen molar-refractivity contribution in [2.75, 3.05) is 13.1 Å². The quantitative estimate of drug-likeness (QED) is 0.888. The Morgan fingerprint density at radius 3 is 2.89 bits per heavy atom. The molecule has 0 unspecified atom stereocenters. The smallest absolute Gasteiger partial charge is 0.316 e. The largest absolute Gasteiger partial charge is 0.428 e. The third-order valence-electron chi connectivity index (χ3n) is 3.21. The maximum absolute atomic E-state index is 12.4. The molecule has 2 aromatic rings. The number of nitrogens with zero attached hydrogens (tertiary/aromatic N) is 1. The molecule has 0 aliphatic carbocycles. The van der Waals surface area contributed by atoms with Crippen LogP contribution in [0.5, 0.6) is 0 Å². The van der Waals surface area contributed by atoms with Gasteiger partial charge >= 0.3 is 5.22 Å². The average Bonchev–Trinajstić information content (AvgIpc) is 2.84. The highest BCUT2D eigenvalue weighted by atomic mass is 32.2. The lowest BCUT2D eigenvalue weighted by molar-refractivity contribution is 0.438. The summed E-state index contributed by atoms with van der Waals surface area (Å²) in [5, 5.41) is 2.51. The van der Waals surface area contributed by atoms with Crippen molar-refractivity contribution in [2.24, 2.45) is 0 Å². The molecule has 2 heterocycles. The van der Waals surface area contributed by atoms with Gasteiger partial charge in [-0.25, -0.2) is 8.42 Å². The number of piperidine rings is 1. The van der Waals surface area contributed by atoms with Crippen molar-refractivity contribution in [1.82, 2.24) is 10.3 Å². The highest BCUT2D eigenvalue weighted by Gasteiger charge is 2.33. The zero-order chi connectivity index (χ0) is 12.6. The molecule has 18 heavy (non-hydrogen) atoms. The summed E-state index contributed by atoms with van der Waals surface area (Å²) in [5.74, 6) is 0. The van der Waals surface area contributed by atoms with E-state index in [2.05, 4.69) is 10.3 Å². The predicted molar refractivity (Wildman–Crippen MR) is 67.1 cm³/mol. The minimum atomic E-state index is -3.46. The third-order valence-corrected chi connectivity index (χ3v) is 5.15.